The van der Waals surface area contributed by atoms with E-state index >= 15 is 0 Å². The van der Waals surface area contributed by atoms with E-state index in [1.165, 1.54) is 77.0 Å². The van der Waals surface area contributed by atoms with Gasteiger partial charge >= 0.3 is 21.1 Å². The fraction of sp³-hybridized carbons (Fsp3) is 1.00. The summed E-state index contributed by atoms with van der Waals surface area (Å²) >= 11 is 0. The minimum Gasteiger partial charge on any atom is -0.662 e. The van der Waals surface area contributed by atoms with Gasteiger partial charge in [0.05, 0.1) is 0 Å². The molecule has 0 bridgehead atoms. The Kier molecular flexibility index (Phi) is 23.0. The molecule has 4 nitrogen and oxygen atoms in total. The fourth-order valence-electron chi connectivity index (χ4n) is 2.94. The van der Waals surface area contributed by atoms with Crippen LogP contribution >= 0.6 is 0 Å². The molecule has 4 fully saturated rings. The molecule has 0 aromatic rings. The molecular formula is C20H40N4Pt. The average molecular weight is 532 g/mol. The van der Waals surface area contributed by atoms with Gasteiger partial charge in [0.1, 0.15) is 0 Å². The Hall–Kier alpha value is 0.528. The Morgan fingerprint density at radius 3 is 0.440 bits per heavy atom. The Labute approximate surface area is 171 Å². The Morgan fingerprint density at radius 2 is 0.400 bits per heavy atom. The summed E-state index contributed by atoms with van der Waals surface area (Å²) in [6.07, 6.45) is 16.3. The van der Waals surface area contributed by atoms with E-state index in [0.717, 1.165) is 52.4 Å². The molecule has 4 heterocycles. The van der Waals surface area contributed by atoms with Gasteiger partial charge in [0.2, 0.25) is 0 Å². The van der Waals surface area contributed by atoms with E-state index in [1.807, 2.05) is 0 Å². The second-order valence-electron chi connectivity index (χ2n) is 6.93. The van der Waals surface area contributed by atoms with Crippen molar-refractivity contribution in [1.29, 1.82) is 0 Å². The third kappa shape index (κ3) is 20.7. The molecule has 0 aliphatic carbocycles. The minimum atomic E-state index is 0. The number of hydrogen-bond acceptors (Lipinski definition) is 0. The summed E-state index contributed by atoms with van der Waals surface area (Å²) in [5.41, 5.74) is 0. The van der Waals surface area contributed by atoms with E-state index in [9.17, 15) is 0 Å². The molecule has 0 aromatic carbocycles. The SMILES string of the molecule is C1CC[N-]CC1.C1CC[N-]CC1.C1CC[N-]CC1.C1CC[N-]CC1.[Pt+4]. The zero-order valence-corrected chi connectivity index (χ0v) is 18.5. The second-order valence-corrected chi connectivity index (χ2v) is 6.93. The molecule has 25 heavy (non-hydrogen) atoms. The largest absolute Gasteiger partial charge is 4.00 e. The van der Waals surface area contributed by atoms with Gasteiger partial charge in [0, 0.05) is 0 Å². The van der Waals surface area contributed by atoms with Crippen molar-refractivity contribution in [3.63, 3.8) is 0 Å². The topological polar surface area (TPSA) is 56.4 Å². The monoisotopic (exact) mass is 531 g/mol. The minimum absolute atomic E-state index is 0. The van der Waals surface area contributed by atoms with Crippen molar-refractivity contribution in [1.82, 2.24) is 0 Å². The molecule has 0 radical (unpaired) electrons. The van der Waals surface area contributed by atoms with Gasteiger partial charge in [0.25, 0.3) is 0 Å². The van der Waals surface area contributed by atoms with Crippen LogP contribution in [0.4, 0.5) is 0 Å². The van der Waals surface area contributed by atoms with Crippen molar-refractivity contribution in [3.8, 4) is 0 Å². The number of rotatable bonds is 0. The first-order valence-electron chi connectivity index (χ1n) is 10.5. The molecule has 4 aliphatic heterocycles. The summed E-state index contributed by atoms with van der Waals surface area (Å²) in [7, 11) is 0. The van der Waals surface area contributed by atoms with Crippen molar-refractivity contribution in [2.24, 2.45) is 0 Å². The van der Waals surface area contributed by atoms with Gasteiger partial charge in [-0.15, -0.1) is 52.4 Å². The first kappa shape index (κ1) is 25.5. The van der Waals surface area contributed by atoms with Crippen molar-refractivity contribution in [2.45, 2.75) is 77.0 Å². The van der Waals surface area contributed by atoms with Crippen molar-refractivity contribution in [3.05, 3.63) is 21.3 Å². The maximum Gasteiger partial charge on any atom is 4.00 e. The molecule has 4 aliphatic rings. The van der Waals surface area contributed by atoms with Gasteiger partial charge in [-0.05, 0) is 0 Å². The van der Waals surface area contributed by atoms with Crippen LogP contribution in [-0.4, -0.2) is 52.4 Å². The maximum absolute atomic E-state index is 4.18. The third-order valence-electron chi connectivity index (χ3n) is 4.53. The third-order valence-corrected chi connectivity index (χ3v) is 4.53. The maximum atomic E-state index is 4.18. The molecule has 0 unspecified atom stereocenters. The van der Waals surface area contributed by atoms with Crippen LogP contribution in [0.5, 0.6) is 0 Å². The summed E-state index contributed by atoms with van der Waals surface area (Å²) in [5.74, 6) is 0. The Balaban J connectivity index is 0.000000303. The van der Waals surface area contributed by atoms with E-state index in [1.54, 1.807) is 0 Å². The molecule has 0 amide bonds. The van der Waals surface area contributed by atoms with E-state index in [4.69, 9.17) is 0 Å². The van der Waals surface area contributed by atoms with E-state index in [0.29, 0.717) is 0 Å². The van der Waals surface area contributed by atoms with Gasteiger partial charge in [-0.2, -0.15) is 0 Å². The summed E-state index contributed by atoms with van der Waals surface area (Å²) in [6.45, 7) is 9.00. The first-order valence-corrected chi connectivity index (χ1v) is 10.5. The summed E-state index contributed by atoms with van der Waals surface area (Å²) < 4.78 is 0. The van der Waals surface area contributed by atoms with Crippen LogP contribution in [0.15, 0.2) is 0 Å². The van der Waals surface area contributed by atoms with E-state index in [2.05, 4.69) is 21.3 Å². The van der Waals surface area contributed by atoms with Gasteiger partial charge in [-0.3, -0.25) is 0 Å². The van der Waals surface area contributed by atoms with Crippen molar-refractivity contribution >= 4 is 0 Å². The van der Waals surface area contributed by atoms with Gasteiger partial charge in [-0.25, -0.2) is 0 Å². The zero-order valence-electron chi connectivity index (χ0n) is 16.2. The predicted molar refractivity (Wildman–Crippen MR) is 108 cm³/mol. The fourth-order valence-corrected chi connectivity index (χ4v) is 2.94. The van der Waals surface area contributed by atoms with Crippen LogP contribution in [-0.2, 0) is 21.1 Å². The quantitative estimate of drug-likeness (QED) is 0.359. The Bertz CT molecular complexity index is 132. The first-order chi connectivity index (χ1) is 12.0. The van der Waals surface area contributed by atoms with E-state index < -0.39 is 0 Å². The molecule has 0 aromatic heterocycles. The summed E-state index contributed by atoms with van der Waals surface area (Å²) in [5, 5.41) is 16.7. The van der Waals surface area contributed by atoms with Crippen molar-refractivity contribution in [2.75, 3.05) is 52.4 Å². The average Bonchev–Trinajstić information content (AvgIpc) is 2.75. The van der Waals surface area contributed by atoms with Crippen LogP contribution < -0.4 is 0 Å². The molecule has 5 heteroatoms. The molecule has 0 N–H and O–H groups in total. The van der Waals surface area contributed by atoms with Gasteiger partial charge < -0.3 is 21.3 Å². The molecule has 0 atom stereocenters. The molecule has 0 saturated carbocycles. The molecule has 4 rings (SSSR count). The van der Waals surface area contributed by atoms with Crippen LogP contribution in [0.3, 0.4) is 0 Å². The van der Waals surface area contributed by atoms with Crippen LogP contribution in [0.25, 0.3) is 21.3 Å². The van der Waals surface area contributed by atoms with Gasteiger partial charge in [-0.1, -0.05) is 77.0 Å². The molecular weight excluding hydrogens is 491 g/mol. The standard InChI is InChI=1S/4C5H10N.Pt/c4*1-2-4-6-5-3-1;/h4*1-5H2;/q4*-1;+4. The van der Waals surface area contributed by atoms with Crippen molar-refractivity contribution < 1.29 is 21.1 Å². The number of hydrogen-bond donors (Lipinski definition) is 0. The molecule has 0 spiro atoms. The van der Waals surface area contributed by atoms with Crippen LogP contribution in [0.1, 0.15) is 77.0 Å². The molecule has 4 saturated heterocycles. The molecule has 150 valence electrons. The van der Waals surface area contributed by atoms with E-state index in [-0.39, 0.29) is 21.1 Å². The number of nitrogens with zero attached hydrogens (tertiary/aromatic N) is 4. The smallest absolute Gasteiger partial charge is 0.662 e. The Morgan fingerprint density at radius 1 is 0.240 bits per heavy atom. The number of piperidine rings is 4. The summed E-state index contributed by atoms with van der Waals surface area (Å²) in [6, 6.07) is 0. The normalized spacial score (nSPS) is 23.0. The second kappa shape index (κ2) is 22.6. The van der Waals surface area contributed by atoms with Gasteiger partial charge in [0.15, 0.2) is 0 Å². The van der Waals surface area contributed by atoms with Crippen LogP contribution in [0.2, 0.25) is 0 Å². The zero-order chi connectivity index (χ0) is 17.0. The predicted octanol–water partition coefficient (Wildman–Crippen LogP) is 6.17. The van der Waals surface area contributed by atoms with Crippen LogP contribution in [0, 0.1) is 0 Å². The summed E-state index contributed by atoms with van der Waals surface area (Å²) in [4.78, 5) is 0.